The van der Waals surface area contributed by atoms with Gasteiger partial charge in [-0.1, -0.05) is 5.92 Å². The molecule has 1 fully saturated rings. The van der Waals surface area contributed by atoms with Gasteiger partial charge in [-0.2, -0.15) is 0 Å². The zero-order valence-electron chi connectivity index (χ0n) is 10.2. The van der Waals surface area contributed by atoms with Crippen LogP contribution >= 0.6 is 0 Å². The molecule has 0 aromatic heterocycles. The monoisotopic (exact) mass is 245 g/mol. The van der Waals surface area contributed by atoms with E-state index in [4.69, 9.17) is 11.2 Å². The third-order valence-corrected chi connectivity index (χ3v) is 2.60. The second-order valence-corrected chi connectivity index (χ2v) is 4.08. The van der Waals surface area contributed by atoms with Crippen LogP contribution < -0.4 is 10.1 Å². The number of anilines is 1. The average Bonchev–Trinajstić information content (AvgIpc) is 3.20. The summed E-state index contributed by atoms with van der Waals surface area (Å²) in [4.78, 5) is 11.5. The first-order chi connectivity index (χ1) is 8.74. The van der Waals surface area contributed by atoms with Crippen molar-refractivity contribution in [3.05, 3.63) is 23.8 Å². The van der Waals surface area contributed by atoms with Crippen molar-refractivity contribution in [2.45, 2.75) is 18.9 Å². The molecule has 94 valence electrons. The van der Waals surface area contributed by atoms with Crippen molar-refractivity contribution in [2.24, 2.45) is 0 Å². The van der Waals surface area contributed by atoms with E-state index in [1.54, 1.807) is 18.2 Å². The van der Waals surface area contributed by atoms with Gasteiger partial charge in [-0.3, -0.25) is 0 Å². The molecule has 0 unspecified atom stereocenters. The molecule has 1 aliphatic carbocycles. The van der Waals surface area contributed by atoms with Gasteiger partial charge in [0, 0.05) is 0 Å². The minimum atomic E-state index is -0.376. The number of methoxy groups -OCH3 is 1. The van der Waals surface area contributed by atoms with E-state index in [0.29, 0.717) is 17.9 Å². The highest BCUT2D eigenvalue weighted by molar-refractivity contribution is 5.90. The largest absolute Gasteiger partial charge is 0.488 e. The van der Waals surface area contributed by atoms with Crippen LogP contribution in [-0.2, 0) is 4.74 Å². The number of carbonyl (C=O) groups is 1. The van der Waals surface area contributed by atoms with Gasteiger partial charge in [-0.25, -0.2) is 4.79 Å². The predicted octanol–water partition coefficient (Wildman–Crippen LogP) is 2.06. The van der Waals surface area contributed by atoms with Crippen molar-refractivity contribution in [2.75, 3.05) is 19.0 Å². The number of hydrogen-bond acceptors (Lipinski definition) is 4. The van der Waals surface area contributed by atoms with Crippen LogP contribution in [0.1, 0.15) is 23.2 Å². The number of terminal acetylenes is 1. The van der Waals surface area contributed by atoms with Crippen molar-refractivity contribution in [3.63, 3.8) is 0 Å². The number of esters is 1. The molecule has 0 amide bonds. The van der Waals surface area contributed by atoms with E-state index in [-0.39, 0.29) is 12.1 Å². The van der Waals surface area contributed by atoms with E-state index in [1.807, 2.05) is 0 Å². The first-order valence-corrected chi connectivity index (χ1v) is 5.81. The fourth-order valence-corrected chi connectivity index (χ4v) is 1.52. The highest BCUT2D eigenvalue weighted by atomic mass is 16.5. The molecule has 0 bridgehead atoms. The van der Waals surface area contributed by atoms with E-state index in [9.17, 15) is 4.79 Å². The molecular weight excluding hydrogens is 230 g/mol. The lowest BCUT2D eigenvalue weighted by Crippen LogP contribution is -2.07. The van der Waals surface area contributed by atoms with E-state index >= 15 is 0 Å². The van der Waals surface area contributed by atoms with Crippen molar-refractivity contribution < 1.29 is 14.3 Å². The van der Waals surface area contributed by atoms with Gasteiger partial charge in [0.1, 0.15) is 5.75 Å². The summed E-state index contributed by atoms with van der Waals surface area (Å²) in [6.45, 7) is 0.415. The van der Waals surface area contributed by atoms with E-state index < -0.39 is 0 Å². The summed E-state index contributed by atoms with van der Waals surface area (Å²) in [6, 6.07) is 5.15. The molecule has 1 aromatic carbocycles. The van der Waals surface area contributed by atoms with Crippen LogP contribution in [0.2, 0.25) is 0 Å². The lowest BCUT2D eigenvalue weighted by atomic mass is 10.2. The zero-order chi connectivity index (χ0) is 13.0. The Labute approximate surface area is 106 Å². The molecule has 1 aliphatic rings. The van der Waals surface area contributed by atoms with Gasteiger partial charge < -0.3 is 14.8 Å². The van der Waals surface area contributed by atoms with Crippen LogP contribution in [0, 0.1) is 12.3 Å². The smallest absolute Gasteiger partial charge is 0.337 e. The fraction of sp³-hybridized carbons (Fsp3) is 0.357. The van der Waals surface area contributed by atoms with Gasteiger partial charge in [0.25, 0.3) is 0 Å². The average molecular weight is 245 g/mol. The second kappa shape index (κ2) is 5.46. The molecule has 0 saturated heterocycles. The van der Waals surface area contributed by atoms with Crippen molar-refractivity contribution in [1.82, 2.24) is 0 Å². The minimum absolute atomic E-state index is 0.254. The number of hydrogen-bond donors (Lipinski definition) is 1. The number of rotatable bonds is 5. The summed E-state index contributed by atoms with van der Waals surface area (Å²) in [5.74, 6) is 2.78. The number of nitrogens with one attached hydrogen (secondary N) is 1. The maximum Gasteiger partial charge on any atom is 0.337 e. The normalized spacial score (nSPS) is 13.6. The van der Waals surface area contributed by atoms with Crippen LogP contribution in [0.25, 0.3) is 0 Å². The molecule has 1 saturated carbocycles. The predicted molar refractivity (Wildman–Crippen MR) is 68.8 cm³/mol. The van der Waals surface area contributed by atoms with Gasteiger partial charge in [-0.15, -0.1) is 6.42 Å². The van der Waals surface area contributed by atoms with Crippen molar-refractivity contribution in [3.8, 4) is 18.1 Å². The van der Waals surface area contributed by atoms with Gasteiger partial charge in [0.2, 0.25) is 0 Å². The molecule has 0 atom stereocenters. The molecule has 4 heteroatoms. The summed E-state index contributed by atoms with van der Waals surface area (Å²) >= 11 is 0. The van der Waals surface area contributed by atoms with Crippen LogP contribution in [0.4, 0.5) is 5.69 Å². The molecule has 0 heterocycles. The van der Waals surface area contributed by atoms with Crippen LogP contribution in [0.15, 0.2) is 18.2 Å². The van der Waals surface area contributed by atoms with E-state index in [2.05, 4.69) is 16.0 Å². The molecule has 0 aliphatic heterocycles. The fourth-order valence-electron chi connectivity index (χ4n) is 1.52. The Morgan fingerprint density at radius 1 is 1.56 bits per heavy atom. The summed E-state index contributed by atoms with van der Waals surface area (Å²) in [5.41, 5.74) is 1.27. The Morgan fingerprint density at radius 3 is 2.94 bits per heavy atom. The molecule has 1 N–H and O–H groups in total. The molecule has 1 aromatic rings. The maximum atomic E-state index is 11.5. The minimum Gasteiger partial charge on any atom is -0.488 e. The number of carbonyl (C=O) groups excluding carboxylic acids is 1. The molecule has 4 nitrogen and oxygen atoms in total. The first-order valence-electron chi connectivity index (χ1n) is 5.81. The SMILES string of the molecule is C#CCNc1ccc(C(=O)OC)cc1OC1CC1. The summed E-state index contributed by atoms with van der Waals surface area (Å²) < 4.78 is 10.4. The standard InChI is InChI=1S/C14H15NO3/c1-3-8-15-12-7-4-10(14(16)17-2)9-13(12)18-11-5-6-11/h1,4,7,9,11,15H,5-6,8H2,2H3. The highest BCUT2D eigenvalue weighted by Gasteiger charge is 2.25. The van der Waals surface area contributed by atoms with Gasteiger partial charge in [0.15, 0.2) is 0 Å². The Morgan fingerprint density at radius 2 is 2.33 bits per heavy atom. The first kappa shape index (κ1) is 12.3. The van der Waals surface area contributed by atoms with E-state index in [1.165, 1.54) is 7.11 Å². The number of ether oxygens (including phenoxy) is 2. The van der Waals surface area contributed by atoms with Gasteiger partial charge in [-0.05, 0) is 31.0 Å². The lowest BCUT2D eigenvalue weighted by Gasteiger charge is -2.12. The van der Waals surface area contributed by atoms with Crippen LogP contribution in [0.5, 0.6) is 5.75 Å². The molecule has 0 radical (unpaired) electrons. The highest BCUT2D eigenvalue weighted by Crippen LogP contribution is 2.33. The van der Waals surface area contributed by atoms with Crippen molar-refractivity contribution >= 4 is 11.7 Å². The topological polar surface area (TPSA) is 47.6 Å². The zero-order valence-corrected chi connectivity index (χ0v) is 10.2. The Kier molecular flexibility index (Phi) is 3.73. The quantitative estimate of drug-likeness (QED) is 0.637. The summed E-state index contributed by atoms with van der Waals surface area (Å²) in [6.07, 6.45) is 7.57. The Hall–Kier alpha value is -2.15. The van der Waals surface area contributed by atoms with Crippen LogP contribution in [-0.4, -0.2) is 25.7 Å². The molecule has 0 spiro atoms. The Balaban J connectivity index is 2.22. The molecule has 2 rings (SSSR count). The van der Waals surface area contributed by atoms with Crippen LogP contribution in [0.3, 0.4) is 0 Å². The summed E-state index contributed by atoms with van der Waals surface area (Å²) in [5, 5.41) is 3.07. The van der Waals surface area contributed by atoms with Gasteiger partial charge >= 0.3 is 5.97 Å². The van der Waals surface area contributed by atoms with Crippen molar-refractivity contribution in [1.29, 1.82) is 0 Å². The second-order valence-electron chi connectivity index (χ2n) is 4.08. The lowest BCUT2D eigenvalue weighted by molar-refractivity contribution is 0.0600. The Bertz CT molecular complexity index is 486. The molecule has 18 heavy (non-hydrogen) atoms. The van der Waals surface area contributed by atoms with E-state index in [0.717, 1.165) is 18.5 Å². The molecular formula is C14H15NO3. The third-order valence-electron chi connectivity index (χ3n) is 2.60. The van der Waals surface area contributed by atoms with Gasteiger partial charge in [0.05, 0.1) is 31.0 Å². The summed E-state index contributed by atoms with van der Waals surface area (Å²) in [7, 11) is 1.36. The number of benzene rings is 1. The maximum absolute atomic E-state index is 11.5. The third kappa shape index (κ3) is 2.95.